The van der Waals surface area contributed by atoms with Crippen LogP contribution in [-0.2, 0) is 39.8 Å². The average Bonchev–Trinajstić information content (AvgIpc) is 3.12. The second-order valence-electron chi connectivity index (χ2n) is 11.6. The quantitative estimate of drug-likeness (QED) is 0.144. The van der Waals surface area contributed by atoms with Gasteiger partial charge < -0.3 is 59.3 Å². The van der Waals surface area contributed by atoms with E-state index in [1.807, 2.05) is 18.2 Å². The standard InChI is InChI=1S/C33H35ClN2O13/c34-28-19(29(35)41)11-16(12-36-28)13-44-32-24(39)22(37)27(20(46-32)14-43-30(42)17-7-3-1-4-8-17)49-33-25(40)23(38)26-21(47-33)15-45-31(48-26)18-9-5-2-6-10-18/h1-12,20-27,31-33,37-40H,13-15H2,(H2,35,41)/t20-,21-,22-,23-,24-,25-,26-,27-,31?,32-,33-/m1/s1. The molecule has 1 unspecified atom stereocenters. The molecular weight excluding hydrogens is 668 g/mol. The zero-order valence-corrected chi connectivity index (χ0v) is 26.5. The Balaban J connectivity index is 1.16. The molecule has 0 radical (unpaired) electrons. The first kappa shape index (κ1) is 35.3. The highest BCUT2D eigenvalue weighted by atomic mass is 35.5. The van der Waals surface area contributed by atoms with Crippen LogP contribution in [0.2, 0.25) is 5.15 Å². The van der Waals surface area contributed by atoms with Crippen LogP contribution < -0.4 is 5.73 Å². The first-order valence-electron chi connectivity index (χ1n) is 15.4. The van der Waals surface area contributed by atoms with Crippen LogP contribution >= 0.6 is 11.6 Å². The van der Waals surface area contributed by atoms with Gasteiger partial charge in [-0.3, -0.25) is 4.79 Å². The first-order chi connectivity index (χ1) is 23.6. The number of nitrogens with zero attached hydrogens (tertiary/aromatic N) is 1. The number of ether oxygens (including phenoxy) is 7. The summed E-state index contributed by atoms with van der Waals surface area (Å²) in [7, 11) is 0. The molecule has 16 heteroatoms. The van der Waals surface area contributed by atoms with Gasteiger partial charge in [-0.2, -0.15) is 0 Å². The summed E-state index contributed by atoms with van der Waals surface area (Å²) in [5.74, 6) is -1.51. The summed E-state index contributed by atoms with van der Waals surface area (Å²) in [6.45, 7) is -0.769. The van der Waals surface area contributed by atoms with Gasteiger partial charge in [0.1, 0.15) is 60.6 Å². The fourth-order valence-corrected chi connectivity index (χ4v) is 5.90. The number of amides is 1. The van der Waals surface area contributed by atoms with Gasteiger partial charge in [-0.15, -0.1) is 0 Å². The summed E-state index contributed by atoms with van der Waals surface area (Å²) in [6.07, 6.45) is -13.8. The maximum Gasteiger partial charge on any atom is 0.338 e. The fourth-order valence-electron chi connectivity index (χ4n) is 5.71. The highest BCUT2D eigenvalue weighted by Gasteiger charge is 2.53. The van der Waals surface area contributed by atoms with Crippen molar-refractivity contribution in [2.75, 3.05) is 13.2 Å². The molecule has 11 atom stereocenters. The molecule has 3 saturated heterocycles. The van der Waals surface area contributed by atoms with Crippen LogP contribution in [0.4, 0.5) is 0 Å². The Labute approximate surface area is 285 Å². The molecule has 0 aliphatic carbocycles. The molecule has 6 rings (SSSR count). The van der Waals surface area contributed by atoms with E-state index in [4.69, 9.17) is 50.5 Å². The van der Waals surface area contributed by atoms with Crippen molar-refractivity contribution >= 4 is 23.5 Å². The van der Waals surface area contributed by atoms with E-state index in [-0.39, 0.29) is 29.5 Å². The molecule has 4 heterocycles. The Bertz CT molecular complexity index is 1590. The van der Waals surface area contributed by atoms with E-state index in [1.165, 1.54) is 12.3 Å². The molecule has 3 aliphatic heterocycles. The van der Waals surface area contributed by atoms with Crippen molar-refractivity contribution in [1.29, 1.82) is 0 Å². The highest BCUT2D eigenvalue weighted by molar-refractivity contribution is 6.32. The Morgan fingerprint density at radius 2 is 1.59 bits per heavy atom. The number of hydrogen-bond donors (Lipinski definition) is 5. The molecule has 0 saturated carbocycles. The van der Waals surface area contributed by atoms with Crippen molar-refractivity contribution in [3.63, 3.8) is 0 Å². The molecular formula is C33H35ClN2O13. The van der Waals surface area contributed by atoms with E-state index >= 15 is 0 Å². The molecule has 15 nitrogen and oxygen atoms in total. The molecule has 6 N–H and O–H groups in total. The van der Waals surface area contributed by atoms with Crippen molar-refractivity contribution in [1.82, 2.24) is 4.98 Å². The van der Waals surface area contributed by atoms with Gasteiger partial charge >= 0.3 is 5.97 Å². The number of halogens is 1. The molecule has 0 spiro atoms. The molecule has 3 fully saturated rings. The second-order valence-corrected chi connectivity index (χ2v) is 12.0. The molecule has 3 aliphatic rings. The predicted molar refractivity (Wildman–Crippen MR) is 166 cm³/mol. The summed E-state index contributed by atoms with van der Waals surface area (Å²) >= 11 is 5.93. The number of esters is 1. The maximum atomic E-state index is 12.8. The van der Waals surface area contributed by atoms with Crippen molar-refractivity contribution in [2.24, 2.45) is 5.73 Å². The number of rotatable bonds is 10. The van der Waals surface area contributed by atoms with Crippen LogP contribution in [0.1, 0.15) is 38.1 Å². The largest absolute Gasteiger partial charge is 0.459 e. The number of benzene rings is 2. The van der Waals surface area contributed by atoms with Gasteiger partial charge in [-0.1, -0.05) is 60.1 Å². The van der Waals surface area contributed by atoms with Gasteiger partial charge in [0.05, 0.1) is 24.3 Å². The number of primary amides is 1. The molecule has 49 heavy (non-hydrogen) atoms. The first-order valence-corrected chi connectivity index (χ1v) is 15.8. The van der Waals surface area contributed by atoms with Gasteiger partial charge in [-0.05, 0) is 23.8 Å². The van der Waals surface area contributed by atoms with Gasteiger partial charge in [0.25, 0.3) is 5.91 Å². The maximum absolute atomic E-state index is 12.8. The third-order valence-electron chi connectivity index (χ3n) is 8.30. The van der Waals surface area contributed by atoms with Crippen molar-refractivity contribution in [2.45, 2.75) is 74.3 Å². The Kier molecular flexibility index (Phi) is 11.2. The normalized spacial score (nSPS) is 33.0. The number of aromatic nitrogens is 1. The third-order valence-corrected chi connectivity index (χ3v) is 8.60. The Hall–Kier alpha value is -3.58. The SMILES string of the molecule is NC(=O)c1cc(CO[C@@H]2O[C@H](COC(=O)c3ccccc3)[C@@H](O[C@H]3O[C@@H]4COC(c5ccccc5)O[C@H]4[C@H](O)[C@H]3O)[C@H](O)[C@H]2O)cnc1Cl. The molecule has 262 valence electrons. The van der Waals surface area contributed by atoms with Crippen LogP contribution in [0.25, 0.3) is 0 Å². The number of pyridine rings is 1. The minimum atomic E-state index is -1.74. The van der Waals surface area contributed by atoms with Crippen molar-refractivity contribution in [3.05, 3.63) is 100 Å². The summed E-state index contributed by atoms with van der Waals surface area (Å²) in [5.41, 5.74) is 6.60. The van der Waals surface area contributed by atoms with E-state index in [9.17, 15) is 30.0 Å². The van der Waals surface area contributed by atoms with Crippen molar-refractivity contribution < 1.29 is 63.2 Å². The Morgan fingerprint density at radius 3 is 2.31 bits per heavy atom. The number of nitrogens with two attached hydrogens (primary N) is 1. The van der Waals surface area contributed by atoms with Crippen LogP contribution in [0.15, 0.2) is 72.9 Å². The lowest BCUT2D eigenvalue weighted by Crippen LogP contribution is -2.66. The number of carbonyl (C=O) groups excluding carboxylic acids is 2. The zero-order valence-electron chi connectivity index (χ0n) is 25.8. The minimum Gasteiger partial charge on any atom is -0.459 e. The second kappa shape index (κ2) is 15.5. The lowest BCUT2D eigenvalue weighted by Gasteiger charge is -2.48. The van der Waals surface area contributed by atoms with Gasteiger partial charge in [0.2, 0.25) is 0 Å². The van der Waals surface area contributed by atoms with Gasteiger partial charge in [-0.25, -0.2) is 9.78 Å². The van der Waals surface area contributed by atoms with Gasteiger partial charge in [0.15, 0.2) is 18.9 Å². The van der Waals surface area contributed by atoms with E-state index in [1.54, 1.807) is 42.5 Å². The van der Waals surface area contributed by atoms with E-state index < -0.39 is 86.2 Å². The van der Waals surface area contributed by atoms with Crippen LogP contribution in [0.5, 0.6) is 0 Å². The lowest BCUT2D eigenvalue weighted by atomic mass is 9.96. The number of hydrogen-bond acceptors (Lipinski definition) is 14. The number of fused-ring (bicyclic) bond motifs is 1. The molecule has 3 aromatic rings. The van der Waals surface area contributed by atoms with Crippen LogP contribution in [0, 0.1) is 0 Å². The molecule has 0 bridgehead atoms. The third kappa shape index (κ3) is 7.93. The molecule has 1 amide bonds. The Morgan fingerprint density at radius 1 is 0.898 bits per heavy atom. The molecule has 2 aromatic carbocycles. The van der Waals surface area contributed by atoms with E-state index in [0.29, 0.717) is 11.1 Å². The zero-order chi connectivity index (χ0) is 34.7. The van der Waals surface area contributed by atoms with Crippen LogP contribution in [0.3, 0.4) is 0 Å². The number of aliphatic hydroxyl groups is 4. The highest BCUT2D eigenvalue weighted by Crippen LogP contribution is 2.36. The van der Waals surface area contributed by atoms with Crippen LogP contribution in [-0.4, -0.2) is 112 Å². The topological polar surface area (TPSA) is 219 Å². The lowest BCUT2D eigenvalue weighted by molar-refractivity contribution is -0.386. The minimum absolute atomic E-state index is 0.0226. The number of aliphatic hydroxyl groups excluding tert-OH is 4. The predicted octanol–water partition coefficient (Wildman–Crippen LogP) is 0.600. The monoisotopic (exact) mass is 702 g/mol. The van der Waals surface area contributed by atoms with E-state index in [2.05, 4.69) is 4.98 Å². The molecule has 1 aromatic heterocycles. The van der Waals surface area contributed by atoms with Crippen molar-refractivity contribution in [3.8, 4) is 0 Å². The van der Waals surface area contributed by atoms with Gasteiger partial charge in [0, 0.05) is 11.8 Å². The fraction of sp³-hybridized carbons (Fsp3) is 0.424. The summed E-state index contributed by atoms with van der Waals surface area (Å²) in [6, 6.07) is 18.5. The van der Waals surface area contributed by atoms with E-state index in [0.717, 1.165) is 0 Å². The number of carbonyl (C=O) groups is 2. The summed E-state index contributed by atoms with van der Waals surface area (Å²) in [4.78, 5) is 28.4. The average molecular weight is 703 g/mol. The summed E-state index contributed by atoms with van der Waals surface area (Å²) < 4.78 is 40.8. The summed E-state index contributed by atoms with van der Waals surface area (Å²) in [5, 5.41) is 44.3. The smallest absolute Gasteiger partial charge is 0.338 e.